The lowest BCUT2D eigenvalue weighted by Gasteiger charge is -2.46. The Morgan fingerprint density at radius 3 is 1.78 bits per heavy atom. The van der Waals surface area contributed by atoms with Gasteiger partial charge in [-0.25, -0.2) is 0 Å². The molecule has 0 saturated heterocycles. The van der Waals surface area contributed by atoms with Crippen LogP contribution in [0.4, 0.5) is 0 Å². The van der Waals surface area contributed by atoms with Gasteiger partial charge in [-0.2, -0.15) is 0 Å². The van der Waals surface area contributed by atoms with Crippen molar-refractivity contribution in [1.82, 2.24) is 9.80 Å². The fraction of sp³-hybridized carbons (Fsp3) is 0.750. The fourth-order valence-corrected chi connectivity index (χ4v) is 9.62. The van der Waals surface area contributed by atoms with E-state index in [4.69, 9.17) is 0 Å². The summed E-state index contributed by atoms with van der Waals surface area (Å²) in [6, 6.07) is 11.5. The number of benzene rings is 1. The molecule has 2 aliphatic rings. The smallest absolute Gasteiger partial charge is 0.0549 e. The summed E-state index contributed by atoms with van der Waals surface area (Å²) >= 11 is 0. The second-order valence-electron chi connectivity index (χ2n) is 9.10. The Hall–Kier alpha value is -0.430. The highest BCUT2D eigenvalue weighted by molar-refractivity contribution is 7.59. The number of nitrogens with zero attached hydrogens (tertiary/aromatic N) is 2. The van der Waals surface area contributed by atoms with E-state index in [0.29, 0.717) is 5.78 Å². The van der Waals surface area contributed by atoms with E-state index in [1.807, 2.05) is 0 Å². The molecule has 2 nitrogen and oxygen atoms in total. The van der Waals surface area contributed by atoms with Gasteiger partial charge in [-0.05, 0) is 63.7 Å². The van der Waals surface area contributed by atoms with Crippen molar-refractivity contribution in [3.8, 4) is 0 Å². The summed E-state index contributed by atoms with van der Waals surface area (Å²) in [5.74, 6) is 0.646. The lowest BCUT2D eigenvalue weighted by atomic mass is 9.99. The minimum absolute atomic E-state index is 0.000474. The Morgan fingerprint density at radius 2 is 1.30 bits per heavy atom. The second-order valence-corrected chi connectivity index (χ2v) is 11.9. The highest BCUT2D eigenvalue weighted by Crippen LogP contribution is 2.65. The normalized spacial score (nSPS) is 21.3. The predicted molar refractivity (Wildman–Crippen MR) is 121 cm³/mol. The van der Waals surface area contributed by atoms with Crippen LogP contribution in [0.25, 0.3) is 0 Å². The maximum atomic E-state index is 2.73. The van der Waals surface area contributed by atoms with Crippen LogP contribution in [-0.2, 0) is 0 Å². The first-order chi connectivity index (χ1) is 13.2. The van der Waals surface area contributed by atoms with E-state index in [1.54, 1.807) is 5.56 Å². The van der Waals surface area contributed by atoms with E-state index in [-0.39, 0.29) is 7.92 Å². The van der Waals surface area contributed by atoms with Crippen LogP contribution in [-0.4, -0.2) is 55.4 Å². The van der Waals surface area contributed by atoms with Crippen molar-refractivity contribution >= 4 is 7.92 Å². The first kappa shape index (κ1) is 21.3. The average molecular weight is 389 g/mol. The Labute approximate surface area is 169 Å². The van der Waals surface area contributed by atoms with E-state index >= 15 is 0 Å². The third-order valence-electron chi connectivity index (χ3n) is 6.69. The van der Waals surface area contributed by atoms with Crippen LogP contribution in [0.1, 0.15) is 75.6 Å². The Balaban J connectivity index is 1.89. The van der Waals surface area contributed by atoms with Crippen molar-refractivity contribution in [2.75, 3.05) is 34.2 Å². The molecule has 2 fully saturated rings. The molecular weight excluding hydrogens is 347 g/mol. The topological polar surface area (TPSA) is 6.48 Å². The molecule has 27 heavy (non-hydrogen) atoms. The SMILES string of the molecule is CN(C)CCN(C)C(c1ccccc1)P(C1CCCCC1)C1CCCCC1. The van der Waals surface area contributed by atoms with Gasteiger partial charge in [-0.3, -0.25) is 4.90 Å². The highest BCUT2D eigenvalue weighted by atomic mass is 31.1. The molecule has 0 aliphatic heterocycles. The molecule has 3 heteroatoms. The van der Waals surface area contributed by atoms with Crippen molar-refractivity contribution in [3.63, 3.8) is 0 Å². The third-order valence-corrected chi connectivity index (χ3v) is 10.7. The van der Waals surface area contributed by atoms with Gasteiger partial charge in [0.2, 0.25) is 0 Å². The first-order valence-corrected chi connectivity index (χ1v) is 12.9. The Morgan fingerprint density at radius 1 is 0.778 bits per heavy atom. The van der Waals surface area contributed by atoms with Crippen LogP contribution in [0, 0.1) is 0 Å². The van der Waals surface area contributed by atoms with Gasteiger partial charge >= 0.3 is 0 Å². The molecule has 2 aliphatic carbocycles. The summed E-state index contributed by atoms with van der Waals surface area (Å²) in [6.07, 6.45) is 14.8. The lowest BCUT2D eigenvalue weighted by molar-refractivity contribution is 0.264. The van der Waals surface area contributed by atoms with Gasteiger partial charge in [0, 0.05) is 13.1 Å². The van der Waals surface area contributed by atoms with Gasteiger partial charge in [0.05, 0.1) is 5.78 Å². The van der Waals surface area contributed by atoms with Crippen LogP contribution in [0.15, 0.2) is 30.3 Å². The van der Waals surface area contributed by atoms with Gasteiger partial charge < -0.3 is 4.90 Å². The maximum Gasteiger partial charge on any atom is 0.0549 e. The standard InChI is InChI=1S/C24H41N2P/c1-25(2)19-20-26(3)24(21-13-7-4-8-14-21)27(22-15-9-5-10-16-22)23-17-11-6-12-18-23/h4,7-8,13-14,22-24H,5-6,9-12,15-20H2,1-3H3. The summed E-state index contributed by atoms with van der Waals surface area (Å²) in [5.41, 5.74) is 3.56. The summed E-state index contributed by atoms with van der Waals surface area (Å²) in [4.78, 5) is 5.06. The Bertz CT molecular complexity index is 502. The number of rotatable bonds is 8. The largest absolute Gasteiger partial charge is 0.308 e. The summed E-state index contributed by atoms with van der Waals surface area (Å²) in [5, 5.41) is 0. The molecule has 0 bridgehead atoms. The molecule has 152 valence electrons. The van der Waals surface area contributed by atoms with E-state index in [2.05, 4.69) is 61.3 Å². The van der Waals surface area contributed by atoms with Crippen molar-refractivity contribution in [1.29, 1.82) is 0 Å². The number of hydrogen-bond acceptors (Lipinski definition) is 2. The minimum Gasteiger partial charge on any atom is -0.308 e. The van der Waals surface area contributed by atoms with Gasteiger partial charge in [-0.1, -0.05) is 76.8 Å². The molecule has 1 atom stereocenters. The predicted octanol–water partition coefficient (Wildman–Crippen LogP) is 6.33. The molecule has 2 saturated carbocycles. The zero-order valence-corrected chi connectivity index (χ0v) is 18.8. The molecule has 3 rings (SSSR count). The van der Waals surface area contributed by atoms with Crippen molar-refractivity contribution in [2.45, 2.75) is 81.3 Å². The van der Waals surface area contributed by atoms with Crippen LogP contribution in [0.5, 0.6) is 0 Å². The molecule has 0 aromatic heterocycles. The van der Waals surface area contributed by atoms with Crippen molar-refractivity contribution < 1.29 is 0 Å². The maximum absolute atomic E-state index is 2.73. The quantitative estimate of drug-likeness (QED) is 0.480. The minimum atomic E-state index is 0.000474. The van der Waals surface area contributed by atoms with Crippen LogP contribution >= 0.6 is 7.92 Å². The van der Waals surface area contributed by atoms with Crippen LogP contribution in [0.3, 0.4) is 0 Å². The zero-order chi connectivity index (χ0) is 19.1. The third kappa shape index (κ3) is 6.02. The van der Waals surface area contributed by atoms with Gasteiger partial charge in [-0.15, -0.1) is 0 Å². The van der Waals surface area contributed by atoms with E-state index < -0.39 is 0 Å². The fourth-order valence-electron chi connectivity index (χ4n) is 5.22. The number of hydrogen-bond donors (Lipinski definition) is 0. The molecule has 0 heterocycles. The second kappa shape index (κ2) is 10.9. The van der Waals surface area contributed by atoms with Crippen LogP contribution in [0.2, 0.25) is 0 Å². The van der Waals surface area contributed by atoms with Gasteiger partial charge in [0.15, 0.2) is 0 Å². The van der Waals surface area contributed by atoms with E-state index in [1.165, 1.54) is 70.8 Å². The van der Waals surface area contributed by atoms with Gasteiger partial charge in [0.1, 0.15) is 0 Å². The summed E-state index contributed by atoms with van der Waals surface area (Å²) in [6.45, 7) is 2.32. The molecule has 1 unspecified atom stereocenters. The molecule has 0 radical (unpaired) electrons. The number of likely N-dealkylation sites (N-methyl/N-ethyl adjacent to an activating group) is 2. The molecular formula is C24H41N2P. The zero-order valence-electron chi connectivity index (χ0n) is 17.9. The van der Waals surface area contributed by atoms with Crippen molar-refractivity contribution in [3.05, 3.63) is 35.9 Å². The molecule has 0 spiro atoms. The Kier molecular flexibility index (Phi) is 8.62. The molecule has 0 amide bonds. The first-order valence-electron chi connectivity index (χ1n) is 11.3. The molecule has 1 aromatic rings. The van der Waals surface area contributed by atoms with Crippen molar-refractivity contribution in [2.24, 2.45) is 0 Å². The molecule has 1 aromatic carbocycles. The molecule has 0 N–H and O–H groups in total. The van der Waals surface area contributed by atoms with E-state index in [9.17, 15) is 0 Å². The summed E-state index contributed by atoms with van der Waals surface area (Å²) < 4.78 is 0. The highest BCUT2D eigenvalue weighted by Gasteiger charge is 2.38. The summed E-state index contributed by atoms with van der Waals surface area (Å²) in [7, 11) is 6.82. The lowest BCUT2D eigenvalue weighted by Crippen LogP contribution is -2.35. The van der Waals surface area contributed by atoms with Gasteiger partial charge in [0.25, 0.3) is 0 Å². The average Bonchev–Trinajstić information content (AvgIpc) is 2.72. The van der Waals surface area contributed by atoms with E-state index in [0.717, 1.165) is 17.9 Å². The van der Waals surface area contributed by atoms with Crippen LogP contribution < -0.4 is 0 Å². The monoisotopic (exact) mass is 388 g/mol.